The predicted molar refractivity (Wildman–Crippen MR) is 68.9 cm³/mol. The molecule has 0 amide bonds. The van der Waals surface area contributed by atoms with Crippen molar-refractivity contribution in [1.29, 1.82) is 0 Å². The third kappa shape index (κ3) is 3.78. The van der Waals surface area contributed by atoms with Crippen LogP contribution >= 0.6 is 12.4 Å². The van der Waals surface area contributed by atoms with Crippen molar-refractivity contribution in [1.82, 2.24) is 4.90 Å². The molecule has 1 aromatic carbocycles. The summed E-state index contributed by atoms with van der Waals surface area (Å²) in [6, 6.07) is 9.93. The number of rotatable bonds is 3. The molecule has 0 aromatic heterocycles. The van der Waals surface area contributed by atoms with Gasteiger partial charge >= 0.3 is 0 Å². The lowest BCUT2D eigenvalue weighted by atomic mass is 10.1. The molecular weight excluding hydrogens is 222 g/mol. The third-order valence-electron chi connectivity index (χ3n) is 3.06. The van der Waals surface area contributed by atoms with E-state index in [1.54, 1.807) is 0 Å². The summed E-state index contributed by atoms with van der Waals surface area (Å²) in [5, 5.41) is 10.0. The lowest BCUT2D eigenvalue weighted by Gasteiger charge is -2.28. The van der Waals surface area contributed by atoms with Crippen LogP contribution in [0.1, 0.15) is 30.9 Å². The first-order valence-electron chi connectivity index (χ1n) is 5.81. The quantitative estimate of drug-likeness (QED) is 0.880. The summed E-state index contributed by atoms with van der Waals surface area (Å²) in [4.78, 5) is 2.36. The van der Waals surface area contributed by atoms with Crippen LogP contribution in [0.4, 0.5) is 0 Å². The zero-order valence-corrected chi connectivity index (χ0v) is 10.3. The molecule has 2 rings (SSSR count). The van der Waals surface area contributed by atoms with Crippen molar-refractivity contribution < 1.29 is 5.11 Å². The molecule has 2 nitrogen and oxygen atoms in total. The lowest BCUT2D eigenvalue weighted by molar-refractivity contribution is 0.101. The van der Waals surface area contributed by atoms with Gasteiger partial charge in [-0.2, -0.15) is 0 Å². The highest BCUT2D eigenvalue weighted by Gasteiger charge is 2.15. The van der Waals surface area contributed by atoms with E-state index in [2.05, 4.69) is 4.90 Å². The number of aliphatic hydroxyl groups is 1. The molecule has 1 unspecified atom stereocenters. The van der Waals surface area contributed by atoms with Crippen molar-refractivity contribution in [2.24, 2.45) is 0 Å². The Labute approximate surface area is 104 Å². The molecule has 1 N–H and O–H groups in total. The van der Waals surface area contributed by atoms with Crippen LogP contribution in [0.3, 0.4) is 0 Å². The van der Waals surface area contributed by atoms with Gasteiger partial charge in [0.05, 0.1) is 6.10 Å². The van der Waals surface area contributed by atoms with E-state index >= 15 is 0 Å². The Morgan fingerprint density at radius 2 is 1.69 bits per heavy atom. The number of nitrogens with zero attached hydrogens (tertiary/aromatic N) is 1. The van der Waals surface area contributed by atoms with Crippen molar-refractivity contribution in [3.63, 3.8) is 0 Å². The topological polar surface area (TPSA) is 23.5 Å². The van der Waals surface area contributed by atoms with Crippen LogP contribution in [-0.4, -0.2) is 29.6 Å². The largest absolute Gasteiger partial charge is 0.387 e. The van der Waals surface area contributed by atoms with Gasteiger partial charge in [0.15, 0.2) is 0 Å². The van der Waals surface area contributed by atoms with Crippen molar-refractivity contribution in [3.05, 3.63) is 35.9 Å². The van der Waals surface area contributed by atoms with E-state index in [0.29, 0.717) is 0 Å². The Hall–Kier alpha value is -0.570. The van der Waals surface area contributed by atoms with E-state index in [9.17, 15) is 5.11 Å². The molecule has 0 aliphatic carbocycles. The molecule has 0 saturated carbocycles. The number of β-amino-alcohol motifs (C(OH)–C–C–N with tert-alkyl or cyclic N) is 1. The average Bonchev–Trinajstić information content (AvgIpc) is 2.31. The molecule has 1 atom stereocenters. The van der Waals surface area contributed by atoms with Gasteiger partial charge in [-0.1, -0.05) is 36.8 Å². The van der Waals surface area contributed by atoms with Crippen molar-refractivity contribution in [2.75, 3.05) is 19.6 Å². The minimum Gasteiger partial charge on any atom is -0.387 e. The average molecular weight is 242 g/mol. The van der Waals surface area contributed by atoms with Crippen LogP contribution < -0.4 is 0 Å². The third-order valence-corrected chi connectivity index (χ3v) is 3.06. The van der Waals surface area contributed by atoms with E-state index < -0.39 is 0 Å². The van der Waals surface area contributed by atoms with Gasteiger partial charge < -0.3 is 10.0 Å². The monoisotopic (exact) mass is 241 g/mol. The van der Waals surface area contributed by atoms with E-state index in [4.69, 9.17) is 0 Å². The second-order valence-corrected chi connectivity index (χ2v) is 4.29. The van der Waals surface area contributed by atoms with Gasteiger partial charge in [-0.3, -0.25) is 0 Å². The summed E-state index contributed by atoms with van der Waals surface area (Å²) < 4.78 is 0. The highest BCUT2D eigenvalue weighted by molar-refractivity contribution is 5.85. The molecule has 1 saturated heterocycles. The summed E-state index contributed by atoms with van der Waals surface area (Å²) in [7, 11) is 0. The first kappa shape index (κ1) is 13.5. The van der Waals surface area contributed by atoms with Gasteiger partial charge in [0.1, 0.15) is 0 Å². The fraction of sp³-hybridized carbons (Fsp3) is 0.538. The fourth-order valence-corrected chi connectivity index (χ4v) is 2.17. The minimum atomic E-state index is -0.329. The summed E-state index contributed by atoms with van der Waals surface area (Å²) in [6.07, 6.45) is 3.57. The lowest BCUT2D eigenvalue weighted by Crippen LogP contribution is -2.33. The standard InChI is InChI=1S/C13H19NO.ClH/c15-13(12-7-3-1-4-8-12)11-14-9-5-2-6-10-14;/h1,3-4,7-8,13,15H,2,5-6,9-11H2;1H. The highest BCUT2D eigenvalue weighted by atomic mass is 35.5. The number of piperidine rings is 1. The van der Waals surface area contributed by atoms with Crippen LogP contribution in [0.5, 0.6) is 0 Å². The maximum Gasteiger partial charge on any atom is 0.0916 e. The van der Waals surface area contributed by atoms with E-state index in [1.165, 1.54) is 19.3 Å². The summed E-state index contributed by atoms with van der Waals surface area (Å²) >= 11 is 0. The highest BCUT2D eigenvalue weighted by Crippen LogP contribution is 2.16. The zero-order chi connectivity index (χ0) is 10.5. The van der Waals surface area contributed by atoms with Crippen molar-refractivity contribution >= 4 is 12.4 Å². The van der Waals surface area contributed by atoms with Gasteiger partial charge in [0.2, 0.25) is 0 Å². The molecule has 90 valence electrons. The van der Waals surface area contributed by atoms with Crippen LogP contribution in [0.25, 0.3) is 0 Å². The molecule has 0 radical (unpaired) electrons. The molecule has 1 heterocycles. The van der Waals surface area contributed by atoms with Gasteiger partial charge in [-0.25, -0.2) is 0 Å². The van der Waals surface area contributed by atoms with Crippen molar-refractivity contribution in [3.8, 4) is 0 Å². The summed E-state index contributed by atoms with van der Waals surface area (Å²) in [5.74, 6) is 0. The normalized spacial score (nSPS) is 18.8. The zero-order valence-electron chi connectivity index (χ0n) is 9.51. The Bertz CT molecular complexity index is 285. The molecular formula is C13H20ClNO. The number of aliphatic hydroxyl groups excluding tert-OH is 1. The second-order valence-electron chi connectivity index (χ2n) is 4.29. The molecule has 0 bridgehead atoms. The molecule has 1 aliphatic heterocycles. The smallest absolute Gasteiger partial charge is 0.0916 e. The van der Waals surface area contributed by atoms with E-state index in [-0.39, 0.29) is 18.5 Å². The maximum absolute atomic E-state index is 10.0. The fourth-order valence-electron chi connectivity index (χ4n) is 2.17. The first-order valence-corrected chi connectivity index (χ1v) is 5.81. The van der Waals surface area contributed by atoms with Crippen LogP contribution in [0.15, 0.2) is 30.3 Å². The Kier molecular flexibility index (Phi) is 5.81. The number of hydrogen-bond donors (Lipinski definition) is 1. The van der Waals surface area contributed by atoms with Crippen LogP contribution in [0, 0.1) is 0 Å². The SMILES string of the molecule is Cl.OC(CN1CCCCC1)c1ccccc1. The molecule has 1 aliphatic rings. The van der Waals surface area contributed by atoms with Crippen LogP contribution in [0.2, 0.25) is 0 Å². The van der Waals surface area contributed by atoms with Gasteiger partial charge in [0.25, 0.3) is 0 Å². The summed E-state index contributed by atoms with van der Waals surface area (Å²) in [5.41, 5.74) is 1.03. The Morgan fingerprint density at radius 3 is 2.31 bits per heavy atom. The van der Waals surface area contributed by atoms with Gasteiger partial charge in [-0.05, 0) is 31.5 Å². The first-order chi connectivity index (χ1) is 7.36. The number of halogens is 1. The molecule has 1 aromatic rings. The van der Waals surface area contributed by atoms with E-state index in [1.807, 2.05) is 30.3 Å². The minimum absolute atomic E-state index is 0. The molecule has 16 heavy (non-hydrogen) atoms. The summed E-state index contributed by atoms with van der Waals surface area (Å²) in [6.45, 7) is 3.07. The second kappa shape index (κ2) is 6.89. The van der Waals surface area contributed by atoms with Gasteiger partial charge in [0, 0.05) is 6.54 Å². The molecule has 1 fully saturated rings. The Morgan fingerprint density at radius 1 is 1.06 bits per heavy atom. The van der Waals surface area contributed by atoms with Crippen molar-refractivity contribution in [2.45, 2.75) is 25.4 Å². The number of benzene rings is 1. The predicted octanol–water partition coefficient (Wildman–Crippen LogP) is 2.63. The Balaban J connectivity index is 0.00000128. The van der Waals surface area contributed by atoms with E-state index in [0.717, 1.165) is 25.2 Å². The van der Waals surface area contributed by atoms with Gasteiger partial charge in [-0.15, -0.1) is 12.4 Å². The number of likely N-dealkylation sites (tertiary alicyclic amines) is 1. The number of hydrogen-bond acceptors (Lipinski definition) is 2. The van der Waals surface area contributed by atoms with Crippen LogP contribution in [-0.2, 0) is 0 Å². The molecule has 0 spiro atoms. The molecule has 3 heteroatoms. The maximum atomic E-state index is 10.0.